The predicted octanol–water partition coefficient (Wildman–Crippen LogP) is 1.70. The molecule has 0 radical (unpaired) electrons. The van der Waals surface area contributed by atoms with E-state index in [1.165, 1.54) is 12.8 Å². The molecular weight excluding hydrogens is 290 g/mol. The van der Waals surface area contributed by atoms with Gasteiger partial charge in [0.05, 0.1) is 24.1 Å². The van der Waals surface area contributed by atoms with Gasteiger partial charge in [0.25, 0.3) is 0 Å². The van der Waals surface area contributed by atoms with Crippen LogP contribution in [0.5, 0.6) is 0 Å². The number of aryl methyl sites for hydroxylation is 2. The van der Waals surface area contributed by atoms with E-state index in [-0.39, 0.29) is 5.91 Å². The highest BCUT2D eigenvalue weighted by Gasteiger charge is 2.35. The lowest BCUT2D eigenvalue weighted by molar-refractivity contribution is -0.131. The minimum Gasteiger partial charge on any atom is -0.346 e. The van der Waals surface area contributed by atoms with E-state index in [9.17, 15) is 4.79 Å². The number of carbonyl (C=O) groups excluding carboxylic acids is 1. The van der Waals surface area contributed by atoms with Crippen molar-refractivity contribution >= 4 is 11.7 Å². The first-order valence-corrected chi connectivity index (χ1v) is 8.16. The summed E-state index contributed by atoms with van der Waals surface area (Å²) in [5.41, 5.74) is 3.03. The Hall–Kier alpha value is -2.37. The van der Waals surface area contributed by atoms with Gasteiger partial charge in [0, 0.05) is 24.8 Å². The Balaban J connectivity index is 1.50. The molecule has 1 aliphatic heterocycles. The van der Waals surface area contributed by atoms with E-state index < -0.39 is 0 Å². The topological polar surface area (TPSA) is 54.3 Å². The van der Waals surface area contributed by atoms with Gasteiger partial charge >= 0.3 is 0 Å². The van der Waals surface area contributed by atoms with E-state index in [2.05, 4.69) is 15.0 Å². The van der Waals surface area contributed by atoms with Crippen LogP contribution in [0, 0.1) is 13.8 Å². The van der Waals surface area contributed by atoms with Crippen molar-refractivity contribution in [1.82, 2.24) is 19.7 Å². The first-order chi connectivity index (χ1) is 11.1. The summed E-state index contributed by atoms with van der Waals surface area (Å²) >= 11 is 0. The molecule has 1 aliphatic carbocycles. The zero-order chi connectivity index (χ0) is 16.0. The summed E-state index contributed by atoms with van der Waals surface area (Å²) in [5.74, 6) is 1.09. The van der Waals surface area contributed by atoms with Crippen molar-refractivity contribution in [2.75, 3.05) is 24.5 Å². The van der Waals surface area contributed by atoms with Gasteiger partial charge in [0.15, 0.2) is 0 Å². The molecule has 2 aromatic rings. The molecule has 0 aromatic carbocycles. The SMILES string of the molecule is Cc1cc(C)n(-c2ccc(N3CCN(C4CC4)C(=O)C3)nc2)n1. The lowest BCUT2D eigenvalue weighted by Crippen LogP contribution is -2.51. The van der Waals surface area contributed by atoms with Crippen LogP contribution in [-0.2, 0) is 4.79 Å². The molecule has 0 N–H and O–H groups in total. The number of carbonyl (C=O) groups is 1. The first-order valence-electron chi connectivity index (χ1n) is 8.16. The number of amides is 1. The summed E-state index contributed by atoms with van der Waals surface area (Å²) in [5, 5.41) is 4.47. The first kappa shape index (κ1) is 14.2. The molecule has 2 aliphatic rings. The van der Waals surface area contributed by atoms with Gasteiger partial charge in [-0.1, -0.05) is 0 Å². The standard InChI is InChI=1S/C17H21N5O/c1-12-9-13(2)22(19-12)15-5-6-16(18-10-15)20-7-8-21(14-3-4-14)17(23)11-20/h5-6,9-10,14H,3-4,7-8,11H2,1-2H3. The molecule has 6 heteroatoms. The highest BCUT2D eigenvalue weighted by Crippen LogP contribution is 2.28. The van der Waals surface area contributed by atoms with E-state index >= 15 is 0 Å². The predicted molar refractivity (Wildman–Crippen MR) is 87.8 cm³/mol. The fourth-order valence-electron chi connectivity index (χ4n) is 3.24. The molecule has 0 spiro atoms. The molecular formula is C17H21N5O. The Kier molecular flexibility index (Phi) is 3.32. The quantitative estimate of drug-likeness (QED) is 0.866. The van der Waals surface area contributed by atoms with Gasteiger partial charge < -0.3 is 9.80 Å². The lowest BCUT2D eigenvalue weighted by atomic mass is 10.3. The molecule has 2 aromatic heterocycles. The van der Waals surface area contributed by atoms with Gasteiger partial charge in [-0.3, -0.25) is 4.79 Å². The number of aromatic nitrogens is 3. The van der Waals surface area contributed by atoms with Crippen LogP contribution in [0.1, 0.15) is 24.2 Å². The van der Waals surface area contributed by atoms with Crippen molar-refractivity contribution in [2.45, 2.75) is 32.7 Å². The van der Waals surface area contributed by atoms with Gasteiger partial charge in [-0.2, -0.15) is 5.10 Å². The van der Waals surface area contributed by atoms with Crippen molar-refractivity contribution in [2.24, 2.45) is 0 Å². The number of hydrogen-bond acceptors (Lipinski definition) is 4. The molecule has 2 fully saturated rings. The number of nitrogens with zero attached hydrogens (tertiary/aromatic N) is 5. The monoisotopic (exact) mass is 311 g/mol. The maximum atomic E-state index is 12.2. The van der Waals surface area contributed by atoms with Crippen molar-refractivity contribution in [3.63, 3.8) is 0 Å². The third-order valence-electron chi connectivity index (χ3n) is 4.56. The summed E-state index contributed by atoms with van der Waals surface area (Å²) in [6.07, 6.45) is 4.16. The molecule has 0 unspecified atom stereocenters. The van der Waals surface area contributed by atoms with Crippen LogP contribution in [0.2, 0.25) is 0 Å². The second-order valence-corrected chi connectivity index (χ2v) is 6.45. The number of piperazine rings is 1. The molecule has 23 heavy (non-hydrogen) atoms. The number of pyridine rings is 1. The molecule has 6 nitrogen and oxygen atoms in total. The van der Waals surface area contributed by atoms with Crippen LogP contribution in [0.3, 0.4) is 0 Å². The maximum absolute atomic E-state index is 12.2. The maximum Gasteiger partial charge on any atom is 0.242 e. The number of anilines is 1. The summed E-state index contributed by atoms with van der Waals surface area (Å²) in [6.45, 7) is 6.11. The van der Waals surface area contributed by atoms with Crippen LogP contribution in [-0.4, -0.2) is 51.2 Å². The third kappa shape index (κ3) is 2.69. The van der Waals surface area contributed by atoms with Crippen LogP contribution >= 0.6 is 0 Å². The molecule has 1 saturated carbocycles. The van der Waals surface area contributed by atoms with Crippen LogP contribution in [0.25, 0.3) is 5.69 Å². The fourth-order valence-corrected chi connectivity index (χ4v) is 3.24. The molecule has 3 heterocycles. The second kappa shape index (κ2) is 5.37. The van der Waals surface area contributed by atoms with Gasteiger partial charge in [-0.15, -0.1) is 0 Å². The second-order valence-electron chi connectivity index (χ2n) is 6.45. The average Bonchev–Trinajstić information content (AvgIpc) is 3.32. The van der Waals surface area contributed by atoms with Crippen molar-refractivity contribution in [3.8, 4) is 5.69 Å². The molecule has 0 atom stereocenters. The van der Waals surface area contributed by atoms with Gasteiger partial charge in [0.1, 0.15) is 5.82 Å². The van der Waals surface area contributed by atoms with Crippen molar-refractivity contribution < 1.29 is 4.79 Å². The van der Waals surface area contributed by atoms with E-state index in [4.69, 9.17) is 0 Å². The normalized spacial score (nSPS) is 18.6. The van der Waals surface area contributed by atoms with Gasteiger partial charge in [-0.25, -0.2) is 9.67 Å². The van der Waals surface area contributed by atoms with Gasteiger partial charge in [0.2, 0.25) is 5.91 Å². The van der Waals surface area contributed by atoms with Gasteiger partial charge in [-0.05, 0) is 44.9 Å². The Morgan fingerprint density at radius 3 is 2.57 bits per heavy atom. The summed E-state index contributed by atoms with van der Waals surface area (Å²) in [6, 6.07) is 6.54. The molecule has 4 rings (SSSR count). The summed E-state index contributed by atoms with van der Waals surface area (Å²) in [7, 11) is 0. The highest BCUT2D eigenvalue weighted by molar-refractivity contribution is 5.83. The van der Waals surface area contributed by atoms with Crippen LogP contribution in [0.4, 0.5) is 5.82 Å². The van der Waals surface area contributed by atoms with Crippen LogP contribution < -0.4 is 4.90 Å². The Morgan fingerprint density at radius 2 is 2.00 bits per heavy atom. The largest absolute Gasteiger partial charge is 0.346 e. The highest BCUT2D eigenvalue weighted by atomic mass is 16.2. The molecule has 1 amide bonds. The zero-order valence-corrected chi connectivity index (χ0v) is 13.6. The minimum absolute atomic E-state index is 0.225. The fraction of sp³-hybridized carbons (Fsp3) is 0.471. The number of rotatable bonds is 3. The van der Waals surface area contributed by atoms with E-state index in [1.54, 1.807) is 0 Å². The van der Waals surface area contributed by atoms with Crippen molar-refractivity contribution in [1.29, 1.82) is 0 Å². The number of hydrogen-bond donors (Lipinski definition) is 0. The third-order valence-corrected chi connectivity index (χ3v) is 4.56. The smallest absolute Gasteiger partial charge is 0.242 e. The van der Waals surface area contributed by atoms with Crippen LogP contribution in [0.15, 0.2) is 24.4 Å². The lowest BCUT2D eigenvalue weighted by Gasteiger charge is -2.35. The Labute approximate surface area is 135 Å². The Morgan fingerprint density at radius 1 is 1.17 bits per heavy atom. The van der Waals surface area contributed by atoms with E-state index in [1.807, 2.05) is 47.8 Å². The average molecular weight is 311 g/mol. The Bertz CT molecular complexity index is 732. The molecule has 0 bridgehead atoms. The summed E-state index contributed by atoms with van der Waals surface area (Å²) in [4.78, 5) is 20.9. The summed E-state index contributed by atoms with van der Waals surface area (Å²) < 4.78 is 1.89. The van der Waals surface area contributed by atoms with Crippen molar-refractivity contribution in [3.05, 3.63) is 35.8 Å². The van der Waals surface area contributed by atoms with E-state index in [0.29, 0.717) is 12.6 Å². The zero-order valence-electron chi connectivity index (χ0n) is 13.6. The minimum atomic E-state index is 0.225. The molecule has 1 saturated heterocycles. The van der Waals surface area contributed by atoms with E-state index in [0.717, 1.165) is 36.0 Å². The molecule has 120 valence electrons.